The van der Waals surface area contributed by atoms with Crippen LogP contribution in [0.15, 0.2) is 65.9 Å². The number of benzene rings is 2. The third kappa shape index (κ3) is 2.56. The Hall–Kier alpha value is -1.75. The number of rotatable bonds is 2. The summed E-state index contributed by atoms with van der Waals surface area (Å²) >= 11 is 5.89. The maximum atomic E-state index is 5.89. The fourth-order valence-corrected chi connectivity index (χ4v) is 2.19. The van der Waals surface area contributed by atoms with Crippen molar-refractivity contribution >= 4 is 17.7 Å². The SMILES string of the molecule is Clc1ccc([C@@H]2CC2=C=Cc2ccccc2)cc1. The lowest BCUT2D eigenvalue weighted by Gasteiger charge is -1.95. The van der Waals surface area contributed by atoms with E-state index < -0.39 is 0 Å². The van der Waals surface area contributed by atoms with Crippen LogP contribution in [-0.2, 0) is 0 Å². The van der Waals surface area contributed by atoms with Gasteiger partial charge in [-0.2, -0.15) is 0 Å². The van der Waals surface area contributed by atoms with E-state index in [4.69, 9.17) is 11.6 Å². The van der Waals surface area contributed by atoms with Gasteiger partial charge in [0.25, 0.3) is 0 Å². The maximum Gasteiger partial charge on any atom is 0.0406 e. The van der Waals surface area contributed by atoms with Gasteiger partial charge in [0, 0.05) is 10.9 Å². The van der Waals surface area contributed by atoms with E-state index >= 15 is 0 Å². The number of hydrogen-bond donors (Lipinski definition) is 0. The van der Waals surface area contributed by atoms with E-state index in [0.717, 1.165) is 11.4 Å². The summed E-state index contributed by atoms with van der Waals surface area (Å²) in [5, 5.41) is 0.796. The molecule has 0 nitrogen and oxygen atoms in total. The van der Waals surface area contributed by atoms with Crippen molar-refractivity contribution in [2.75, 3.05) is 0 Å². The predicted molar refractivity (Wildman–Crippen MR) is 76.7 cm³/mol. The van der Waals surface area contributed by atoms with Crippen LogP contribution in [0.4, 0.5) is 0 Å². The van der Waals surface area contributed by atoms with E-state index in [9.17, 15) is 0 Å². The number of halogens is 1. The molecule has 0 heterocycles. The standard InChI is InChI=1S/C17H13Cl/c18-16-10-8-14(9-11-16)17-12-15(17)7-6-13-4-2-1-3-5-13/h1-6,8-11,17H,12H2/t7?,17-/m0/s1. The molecule has 1 atom stereocenters. The minimum absolute atomic E-state index is 0.544. The second kappa shape index (κ2) is 4.86. The summed E-state index contributed by atoms with van der Waals surface area (Å²) in [4.78, 5) is 0. The van der Waals surface area contributed by atoms with Crippen molar-refractivity contribution in [2.24, 2.45) is 0 Å². The van der Waals surface area contributed by atoms with Crippen molar-refractivity contribution in [1.29, 1.82) is 0 Å². The number of allylic oxidation sites excluding steroid dienone is 1. The first-order valence-corrected chi connectivity index (χ1v) is 6.47. The summed E-state index contributed by atoms with van der Waals surface area (Å²) < 4.78 is 0. The quantitative estimate of drug-likeness (QED) is 0.655. The molecule has 0 radical (unpaired) electrons. The fraction of sp³-hybridized carbons (Fsp3) is 0.118. The first-order valence-electron chi connectivity index (χ1n) is 6.09. The Bertz CT molecular complexity index is 602. The minimum atomic E-state index is 0.544. The maximum absolute atomic E-state index is 5.89. The topological polar surface area (TPSA) is 0 Å². The van der Waals surface area contributed by atoms with Gasteiger partial charge in [0.15, 0.2) is 0 Å². The summed E-state index contributed by atoms with van der Waals surface area (Å²) in [5.41, 5.74) is 7.31. The van der Waals surface area contributed by atoms with Crippen molar-refractivity contribution < 1.29 is 0 Å². The predicted octanol–water partition coefficient (Wildman–Crippen LogP) is 5.07. The Morgan fingerprint density at radius 3 is 2.44 bits per heavy atom. The average Bonchev–Trinajstić information content (AvgIpc) is 3.18. The molecular weight excluding hydrogens is 240 g/mol. The van der Waals surface area contributed by atoms with Crippen LogP contribution in [0.25, 0.3) is 6.08 Å². The fourth-order valence-electron chi connectivity index (χ4n) is 2.06. The largest absolute Gasteiger partial charge is 0.120 e. The Labute approximate surface area is 112 Å². The van der Waals surface area contributed by atoms with Crippen molar-refractivity contribution in [1.82, 2.24) is 0 Å². The lowest BCUT2D eigenvalue weighted by Crippen LogP contribution is -1.76. The van der Waals surface area contributed by atoms with Gasteiger partial charge in [-0.15, -0.1) is 5.73 Å². The summed E-state index contributed by atoms with van der Waals surface area (Å²) in [6.07, 6.45) is 3.18. The molecule has 3 rings (SSSR count). The van der Waals surface area contributed by atoms with Crippen molar-refractivity contribution in [3.63, 3.8) is 0 Å². The van der Waals surface area contributed by atoms with Crippen LogP contribution in [-0.4, -0.2) is 0 Å². The Morgan fingerprint density at radius 2 is 1.72 bits per heavy atom. The minimum Gasteiger partial charge on any atom is -0.120 e. The second-order valence-electron chi connectivity index (χ2n) is 4.53. The summed E-state index contributed by atoms with van der Waals surface area (Å²) in [7, 11) is 0. The molecule has 0 unspecified atom stereocenters. The third-order valence-electron chi connectivity index (χ3n) is 3.18. The van der Waals surface area contributed by atoms with Crippen LogP contribution < -0.4 is 0 Å². The molecule has 1 aliphatic rings. The third-order valence-corrected chi connectivity index (χ3v) is 3.43. The van der Waals surface area contributed by atoms with Gasteiger partial charge in [-0.3, -0.25) is 0 Å². The van der Waals surface area contributed by atoms with E-state index in [1.54, 1.807) is 0 Å². The highest BCUT2D eigenvalue weighted by Gasteiger charge is 2.30. The normalized spacial score (nSPS) is 17.2. The van der Waals surface area contributed by atoms with E-state index in [0.29, 0.717) is 5.92 Å². The highest BCUT2D eigenvalue weighted by atomic mass is 35.5. The Kier molecular flexibility index (Phi) is 3.06. The molecule has 2 aromatic carbocycles. The highest BCUT2D eigenvalue weighted by molar-refractivity contribution is 6.30. The van der Waals surface area contributed by atoms with Gasteiger partial charge < -0.3 is 0 Å². The Balaban J connectivity index is 1.78. The lowest BCUT2D eigenvalue weighted by molar-refractivity contribution is 1.16. The molecule has 18 heavy (non-hydrogen) atoms. The highest BCUT2D eigenvalue weighted by Crippen LogP contribution is 2.46. The lowest BCUT2D eigenvalue weighted by atomic mass is 10.1. The van der Waals surface area contributed by atoms with Crippen LogP contribution in [0.1, 0.15) is 23.5 Å². The Morgan fingerprint density at radius 1 is 1.00 bits per heavy atom. The zero-order chi connectivity index (χ0) is 12.4. The molecule has 0 N–H and O–H groups in total. The van der Waals surface area contributed by atoms with E-state index in [-0.39, 0.29) is 0 Å². The van der Waals surface area contributed by atoms with Crippen LogP contribution in [0.2, 0.25) is 5.02 Å². The average molecular weight is 253 g/mol. The van der Waals surface area contributed by atoms with Gasteiger partial charge in [0.1, 0.15) is 0 Å². The van der Waals surface area contributed by atoms with E-state index in [1.807, 2.05) is 30.3 Å². The van der Waals surface area contributed by atoms with Gasteiger partial charge in [-0.1, -0.05) is 54.1 Å². The summed E-state index contributed by atoms with van der Waals surface area (Å²) in [6.45, 7) is 0. The smallest absolute Gasteiger partial charge is 0.0406 e. The van der Waals surface area contributed by atoms with Crippen LogP contribution in [0, 0.1) is 0 Å². The van der Waals surface area contributed by atoms with Crippen molar-refractivity contribution in [3.05, 3.63) is 82.1 Å². The molecule has 0 spiro atoms. The molecule has 0 saturated heterocycles. The van der Waals surface area contributed by atoms with Gasteiger partial charge >= 0.3 is 0 Å². The van der Waals surface area contributed by atoms with Crippen molar-refractivity contribution in [3.8, 4) is 0 Å². The zero-order valence-corrected chi connectivity index (χ0v) is 10.7. The van der Waals surface area contributed by atoms with E-state index in [2.05, 4.69) is 36.1 Å². The van der Waals surface area contributed by atoms with Crippen molar-refractivity contribution in [2.45, 2.75) is 12.3 Å². The first kappa shape index (κ1) is 11.3. The van der Waals surface area contributed by atoms with Crippen LogP contribution in [0.5, 0.6) is 0 Å². The zero-order valence-electron chi connectivity index (χ0n) is 9.94. The number of hydrogen-bond acceptors (Lipinski definition) is 0. The molecule has 0 amide bonds. The molecule has 1 fully saturated rings. The molecular formula is C17H13Cl. The van der Waals surface area contributed by atoms with Gasteiger partial charge in [-0.25, -0.2) is 0 Å². The molecule has 1 heteroatoms. The second-order valence-corrected chi connectivity index (χ2v) is 4.97. The monoisotopic (exact) mass is 252 g/mol. The van der Waals surface area contributed by atoms with Gasteiger partial charge in [0.05, 0.1) is 0 Å². The first-order chi connectivity index (χ1) is 8.83. The van der Waals surface area contributed by atoms with Gasteiger partial charge in [0.2, 0.25) is 0 Å². The molecule has 2 aromatic rings. The molecule has 88 valence electrons. The van der Waals surface area contributed by atoms with Crippen LogP contribution >= 0.6 is 11.6 Å². The molecule has 0 aliphatic heterocycles. The summed E-state index contributed by atoms with van der Waals surface area (Å²) in [6, 6.07) is 18.4. The molecule has 1 saturated carbocycles. The van der Waals surface area contributed by atoms with Crippen LogP contribution in [0.3, 0.4) is 0 Å². The molecule has 0 aromatic heterocycles. The van der Waals surface area contributed by atoms with E-state index in [1.165, 1.54) is 16.7 Å². The molecule has 1 aliphatic carbocycles. The van der Waals surface area contributed by atoms with Gasteiger partial charge in [-0.05, 0) is 41.3 Å². The summed E-state index contributed by atoms with van der Waals surface area (Å²) in [5.74, 6) is 0.544. The molecule has 0 bridgehead atoms.